The Bertz CT molecular complexity index is 1210. The van der Waals surface area contributed by atoms with Crippen molar-refractivity contribution in [2.45, 2.75) is 37.8 Å². The lowest BCUT2D eigenvalue weighted by atomic mass is 9.87. The number of halogens is 1. The second kappa shape index (κ2) is 7.99. The van der Waals surface area contributed by atoms with Crippen LogP contribution < -0.4 is 4.72 Å². The zero-order valence-electron chi connectivity index (χ0n) is 17.1. The van der Waals surface area contributed by atoms with Crippen molar-refractivity contribution in [2.75, 3.05) is 4.72 Å². The molecule has 30 heavy (non-hydrogen) atoms. The third-order valence-electron chi connectivity index (χ3n) is 4.88. The van der Waals surface area contributed by atoms with E-state index >= 15 is 0 Å². The Kier molecular flexibility index (Phi) is 5.39. The van der Waals surface area contributed by atoms with Crippen molar-refractivity contribution in [3.8, 4) is 5.69 Å². The van der Waals surface area contributed by atoms with Crippen molar-refractivity contribution in [1.29, 1.82) is 0 Å². The van der Waals surface area contributed by atoms with Gasteiger partial charge in [-0.3, -0.25) is 9.71 Å². The van der Waals surface area contributed by atoms with Crippen molar-refractivity contribution in [2.24, 2.45) is 0 Å². The number of nitrogens with zero attached hydrogens (tertiary/aromatic N) is 3. The maximum absolute atomic E-state index is 13.4. The summed E-state index contributed by atoms with van der Waals surface area (Å²) in [5.41, 5.74) is 2.99. The lowest BCUT2D eigenvalue weighted by Crippen LogP contribution is -2.12. The molecule has 2 heterocycles. The minimum Gasteiger partial charge on any atom is -0.285 e. The molecular weight excluding hydrogens is 399 g/mol. The molecule has 154 valence electrons. The fourth-order valence-electron chi connectivity index (χ4n) is 3.26. The number of rotatable bonds is 5. The summed E-state index contributed by atoms with van der Waals surface area (Å²) in [5, 5.41) is 5.23. The number of pyridine rings is 1. The molecule has 0 aliphatic rings. The Balaban J connectivity index is 1.70. The van der Waals surface area contributed by atoms with Gasteiger partial charge in [-0.2, -0.15) is 5.10 Å². The van der Waals surface area contributed by atoms with Crippen LogP contribution in [0.2, 0.25) is 0 Å². The van der Waals surface area contributed by atoms with Gasteiger partial charge in [-0.25, -0.2) is 13.3 Å². The molecule has 4 aromatic rings. The summed E-state index contributed by atoms with van der Waals surface area (Å²) in [6.07, 6.45) is 1.72. The number of anilines is 1. The van der Waals surface area contributed by atoms with Crippen LogP contribution >= 0.6 is 0 Å². The highest BCUT2D eigenvalue weighted by Crippen LogP contribution is 2.27. The molecule has 2 aromatic carbocycles. The standard InChI is InChI=1S/C23H23FN4OS/c1-23(2,3)16-9-11-18(12-10-16)30(29)27-22-14-17(15-24)26-28(22)21-8-4-7-20-19(21)6-5-13-25-20/h4-14,27H,15H2,1-3H3. The van der Waals surface area contributed by atoms with Gasteiger partial charge in [-0.1, -0.05) is 39.0 Å². The van der Waals surface area contributed by atoms with Crippen LogP contribution in [0, 0.1) is 0 Å². The molecule has 0 aliphatic carbocycles. The maximum Gasteiger partial charge on any atom is 0.151 e. The average molecular weight is 423 g/mol. The first-order valence-corrected chi connectivity index (χ1v) is 10.8. The summed E-state index contributed by atoms with van der Waals surface area (Å²) in [5.74, 6) is 0.456. The van der Waals surface area contributed by atoms with E-state index in [0.29, 0.717) is 10.7 Å². The van der Waals surface area contributed by atoms with Gasteiger partial charge in [-0.15, -0.1) is 0 Å². The molecule has 0 radical (unpaired) electrons. The van der Waals surface area contributed by atoms with Gasteiger partial charge in [0, 0.05) is 17.6 Å². The summed E-state index contributed by atoms with van der Waals surface area (Å²) < 4.78 is 30.9. The average Bonchev–Trinajstić information content (AvgIpc) is 3.15. The number of alkyl halides is 1. The normalized spacial score (nSPS) is 12.8. The number of aromatic nitrogens is 3. The Hall–Kier alpha value is -3.06. The van der Waals surface area contributed by atoms with E-state index in [2.05, 4.69) is 35.6 Å². The van der Waals surface area contributed by atoms with Crippen LogP contribution in [0.4, 0.5) is 10.2 Å². The fraction of sp³-hybridized carbons (Fsp3) is 0.217. The van der Waals surface area contributed by atoms with Gasteiger partial charge in [0.2, 0.25) is 0 Å². The largest absolute Gasteiger partial charge is 0.285 e. The molecule has 4 rings (SSSR count). The summed E-state index contributed by atoms with van der Waals surface area (Å²) in [7, 11) is -1.52. The van der Waals surface area contributed by atoms with Gasteiger partial charge in [0.15, 0.2) is 11.0 Å². The van der Waals surface area contributed by atoms with E-state index in [1.54, 1.807) is 16.9 Å². The molecule has 5 nitrogen and oxygen atoms in total. The molecule has 1 N–H and O–H groups in total. The first-order chi connectivity index (χ1) is 14.4. The molecule has 0 spiro atoms. The quantitative estimate of drug-likeness (QED) is 0.473. The highest BCUT2D eigenvalue weighted by molar-refractivity contribution is 7.86. The molecular formula is C23H23FN4OS. The van der Waals surface area contributed by atoms with Crippen LogP contribution in [0.3, 0.4) is 0 Å². The topological polar surface area (TPSA) is 59.8 Å². The second-order valence-electron chi connectivity index (χ2n) is 8.06. The van der Waals surface area contributed by atoms with Crippen LogP contribution in [-0.2, 0) is 23.1 Å². The van der Waals surface area contributed by atoms with E-state index in [1.807, 2.05) is 54.6 Å². The highest BCUT2D eigenvalue weighted by Gasteiger charge is 2.17. The molecule has 1 unspecified atom stereocenters. The molecule has 2 aromatic heterocycles. The van der Waals surface area contributed by atoms with Gasteiger partial charge < -0.3 is 0 Å². The Morgan fingerprint density at radius 3 is 2.53 bits per heavy atom. The molecule has 0 saturated carbocycles. The molecule has 0 amide bonds. The highest BCUT2D eigenvalue weighted by atomic mass is 32.2. The first kappa shape index (κ1) is 20.2. The Labute approximate surface area is 177 Å². The van der Waals surface area contributed by atoms with Gasteiger partial charge >= 0.3 is 0 Å². The zero-order chi connectivity index (χ0) is 21.3. The molecule has 7 heteroatoms. The molecule has 0 aliphatic heterocycles. The van der Waals surface area contributed by atoms with Crippen LogP contribution in [0.25, 0.3) is 16.6 Å². The van der Waals surface area contributed by atoms with Gasteiger partial charge in [0.05, 0.1) is 21.8 Å². The van der Waals surface area contributed by atoms with E-state index in [-0.39, 0.29) is 11.1 Å². The minimum absolute atomic E-state index is 0.0184. The van der Waals surface area contributed by atoms with Crippen LogP contribution in [-0.4, -0.2) is 19.0 Å². The maximum atomic E-state index is 13.4. The second-order valence-corrected chi connectivity index (χ2v) is 9.27. The number of hydrogen-bond acceptors (Lipinski definition) is 3. The predicted molar refractivity (Wildman–Crippen MR) is 119 cm³/mol. The van der Waals surface area contributed by atoms with Crippen LogP contribution in [0.5, 0.6) is 0 Å². The summed E-state index contributed by atoms with van der Waals surface area (Å²) >= 11 is 0. The van der Waals surface area contributed by atoms with Crippen LogP contribution in [0.1, 0.15) is 32.0 Å². The summed E-state index contributed by atoms with van der Waals surface area (Å²) in [4.78, 5) is 5.00. The smallest absolute Gasteiger partial charge is 0.151 e. The lowest BCUT2D eigenvalue weighted by molar-refractivity contribution is 0.473. The van der Waals surface area contributed by atoms with E-state index in [4.69, 9.17) is 0 Å². The summed E-state index contributed by atoms with van der Waals surface area (Å²) in [6, 6.07) is 18.7. The Morgan fingerprint density at radius 2 is 1.83 bits per heavy atom. The van der Waals surface area contributed by atoms with Crippen LogP contribution in [0.15, 0.2) is 71.8 Å². The third-order valence-corrected chi connectivity index (χ3v) is 5.97. The zero-order valence-corrected chi connectivity index (χ0v) is 17.9. The predicted octanol–water partition coefficient (Wildman–Crippen LogP) is 5.32. The van der Waals surface area contributed by atoms with Gasteiger partial charge in [-0.05, 0) is 47.4 Å². The number of hydrogen-bond donors (Lipinski definition) is 1. The summed E-state index contributed by atoms with van der Waals surface area (Å²) in [6.45, 7) is 5.69. The van der Waals surface area contributed by atoms with Gasteiger partial charge in [0.1, 0.15) is 12.5 Å². The molecule has 0 saturated heterocycles. The van der Waals surface area contributed by atoms with E-state index in [1.165, 1.54) is 0 Å². The number of fused-ring (bicyclic) bond motifs is 1. The van der Waals surface area contributed by atoms with Crippen molar-refractivity contribution >= 4 is 27.7 Å². The monoisotopic (exact) mass is 422 g/mol. The SMILES string of the molecule is CC(C)(C)c1ccc(S(=O)Nc2cc(CF)nn2-c2cccc3ncccc23)cc1. The molecule has 0 fully saturated rings. The molecule has 0 bridgehead atoms. The number of benzene rings is 2. The minimum atomic E-state index is -1.52. The van der Waals surface area contributed by atoms with E-state index in [0.717, 1.165) is 22.2 Å². The van der Waals surface area contributed by atoms with Crippen molar-refractivity contribution in [3.05, 3.63) is 78.1 Å². The van der Waals surface area contributed by atoms with Gasteiger partial charge in [0.25, 0.3) is 0 Å². The van der Waals surface area contributed by atoms with E-state index < -0.39 is 17.7 Å². The van der Waals surface area contributed by atoms with Crippen molar-refractivity contribution in [1.82, 2.24) is 14.8 Å². The Morgan fingerprint density at radius 1 is 1.07 bits per heavy atom. The van der Waals surface area contributed by atoms with E-state index in [9.17, 15) is 8.60 Å². The van der Waals surface area contributed by atoms with Crippen molar-refractivity contribution < 1.29 is 8.60 Å². The lowest BCUT2D eigenvalue weighted by Gasteiger charge is -2.19. The first-order valence-electron chi connectivity index (χ1n) is 9.65. The third kappa shape index (κ3) is 3.98. The van der Waals surface area contributed by atoms with Crippen molar-refractivity contribution in [3.63, 3.8) is 0 Å². The number of nitrogens with one attached hydrogen (secondary N) is 1. The fourth-order valence-corrected chi connectivity index (χ4v) is 4.09. The molecule has 1 atom stereocenters.